The average Bonchev–Trinajstić information content (AvgIpc) is 2.50. The molecule has 1 N–H and O–H groups in total. The minimum atomic E-state index is -0.427. The Hall–Kier alpha value is -2.43. The smallest absolute Gasteiger partial charge is 0.300 e. The average molecular weight is 286 g/mol. The van der Waals surface area contributed by atoms with Crippen molar-refractivity contribution in [3.63, 3.8) is 0 Å². The highest BCUT2D eigenvalue weighted by molar-refractivity contribution is 5.95. The molecule has 5 nitrogen and oxygen atoms in total. The molecular weight excluding hydrogens is 268 g/mol. The summed E-state index contributed by atoms with van der Waals surface area (Å²) in [6, 6.07) is 9.08. The molecule has 1 aromatic carbocycles. The molecule has 0 fully saturated rings. The van der Waals surface area contributed by atoms with E-state index < -0.39 is 5.69 Å². The molecule has 0 unspecified atom stereocenters. The highest BCUT2D eigenvalue weighted by Crippen LogP contribution is 2.05. The molecule has 2 rings (SSSR count). The summed E-state index contributed by atoms with van der Waals surface area (Å²) in [5.41, 5.74) is 0.494. The van der Waals surface area contributed by atoms with Gasteiger partial charge in [0.1, 0.15) is 0 Å². The standard InChI is InChI=1S/C16H18N2O3/c1-2-12-11-18(16(21)17-15(12)20)10-6-9-14(19)13-7-4-3-5-8-13/h3-5,7-8,11H,2,6,9-10H2,1H3,(H,17,20,21). The Morgan fingerprint density at radius 1 is 1.19 bits per heavy atom. The van der Waals surface area contributed by atoms with Crippen molar-refractivity contribution in [1.29, 1.82) is 0 Å². The monoisotopic (exact) mass is 286 g/mol. The predicted octanol–water partition coefficient (Wildman–Crippen LogP) is 1.76. The van der Waals surface area contributed by atoms with Crippen LogP contribution < -0.4 is 11.2 Å². The number of aryl methyl sites for hydroxylation is 2. The molecule has 1 heterocycles. The largest absolute Gasteiger partial charge is 0.328 e. The lowest BCUT2D eigenvalue weighted by Crippen LogP contribution is -2.31. The number of carbonyl (C=O) groups is 1. The van der Waals surface area contributed by atoms with Crippen molar-refractivity contribution in [2.75, 3.05) is 0 Å². The van der Waals surface area contributed by atoms with E-state index in [1.165, 1.54) is 4.57 Å². The molecule has 0 saturated heterocycles. The fourth-order valence-corrected chi connectivity index (χ4v) is 2.15. The van der Waals surface area contributed by atoms with E-state index in [-0.39, 0.29) is 11.3 Å². The van der Waals surface area contributed by atoms with Crippen LogP contribution in [0.25, 0.3) is 0 Å². The van der Waals surface area contributed by atoms with Crippen LogP contribution in [-0.2, 0) is 13.0 Å². The van der Waals surface area contributed by atoms with Crippen molar-refractivity contribution in [3.05, 3.63) is 68.5 Å². The van der Waals surface area contributed by atoms with Gasteiger partial charge in [0.2, 0.25) is 0 Å². The van der Waals surface area contributed by atoms with Crippen LogP contribution in [0.1, 0.15) is 35.7 Å². The van der Waals surface area contributed by atoms with E-state index in [2.05, 4.69) is 4.98 Å². The Kier molecular flexibility index (Phi) is 4.87. The Bertz CT molecular complexity index is 729. The second-order valence-electron chi connectivity index (χ2n) is 4.85. The topological polar surface area (TPSA) is 71.9 Å². The van der Waals surface area contributed by atoms with Crippen molar-refractivity contribution >= 4 is 5.78 Å². The fraction of sp³-hybridized carbons (Fsp3) is 0.312. The van der Waals surface area contributed by atoms with E-state index in [0.29, 0.717) is 36.9 Å². The van der Waals surface area contributed by atoms with Gasteiger partial charge in [-0.15, -0.1) is 0 Å². The highest BCUT2D eigenvalue weighted by atomic mass is 16.2. The molecule has 0 atom stereocenters. The maximum Gasteiger partial charge on any atom is 0.328 e. The van der Waals surface area contributed by atoms with Crippen LogP contribution in [0.2, 0.25) is 0 Å². The number of ketones is 1. The zero-order valence-electron chi connectivity index (χ0n) is 12.0. The normalized spacial score (nSPS) is 10.5. The molecule has 110 valence electrons. The van der Waals surface area contributed by atoms with Gasteiger partial charge in [0.05, 0.1) is 0 Å². The molecule has 0 aliphatic heterocycles. The molecule has 2 aromatic rings. The van der Waals surface area contributed by atoms with Crippen LogP contribution in [0.5, 0.6) is 0 Å². The molecule has 0 radical (unpaired) electrons. The van der Waals surface area contributed by atoms with Gasteiger partial charge in [-0.1, -0.05) is 37.3 Å². The van der Waals surface area contributed by atoms with E-state index in [1.54, 1.807) is 18.3 Å². The summed E-state index contributed by atoms with van der Waals surface area (Å²) in [5.74, 6) is 0.0591. The Morgan fingerprint density at radius 3 is 2.57 bits per heavy atom. The SMILES string of the molecule is CCc1cn(CCCC(=O)c2ccccc2)c(=O)[nH]c1=O. The van der Waals surface area contributed by atoms with Gasteiger partial charge in [0.15, 0.2) is 5.78 Å². The van der Waals surface area contributed by atoms with Crippen molar-refractivity contribution in [1.82, 2.24) is 9.55 Å². The van der Waals surface area contributed by atoms with Gasteiger partial charge >= 0.3 is 5.69 Å². The van der Waals surface area contributed by atoms with Gasteiger partial charge in [-0.25, -0.2) is 4.79 Å². The van der Waals surface area contributed by atoms with E-state index in [4.69, 9.17) is 0 Å². The number of hydrogen-bond donors (Lipinski definition) is 1. The van der Waals surface area contributed by atoms with Crippen molar-refractivity contribution in [2.45, 2.75) is 32.7 Å². The first kappa shape index (κ1) is 15.0. The highest BCUT2D eigenvalue weighted by Gasteiger charge is 2.06. The summed E-state index contributed by atoms with van der Waals surface area (Å²) in [6.45, 7) is 2.28. The molecule has 1 aromatic heterocycles. The van der Waals surface area contributed by atoms with Crippen molar-refractivity contribution in [3.8, 4) is 0 Å². The van der Waals surface area contributed by atoms with Crippen molar-refractivity contribution < 1.29 is 4.79 Å². The Morgan fingerprint density at radius 2 is 1.90 bits per heavy atom. The predicted molar refractivity (Wildman–Crippen MR) is 80.7 cm³/mol. The molecule has 0 aliphatic carbocycles. The molecular formula is C16H18N2O3. The minimum Gasteiger partial charge on any atom is -0.300 e. The van der Waals surface area contributed by atoms with Gasteiger partial charge in [0, 0.05) is 30.3 Å². The zero-order chi connectivity index (χ0) is 15.2. The van der Waals surface area contributed by atoms with Crippen LogP contribution in [-0.4, -0.2) is 15.3 Å². The minimum absolute atomic E-state index is 0.0591. The molecule has 0 spiro atoms. The van der Waals surface area contributed by atoms with E-state index in [1.807, 2.05) is 25.1 Å². The van der Waals surface area contributed by atoms with Gasteiger partial charge in [-0.2, -0.15) is 0 Å². The lowest BCUT2D eigenvalue weighted by molar-refractivity contribution is 0.0978. The first-order valence-electron chi connectivity index (χ1n) is 7.02. The molecule has 0 bridgehead atoms. The summed E-state index contributed by atoms with van der Waals surface area (Å²) >= 11 is 0. The fourth-order valence-electron chi connectivity index (χ4n) is 2.15. The number of Topliss-reactive ketones (excluding diaryl/α,β-unsaturated/α-hetero) is 1. The maximum atomic E-state index is 12.0. The Balaban J connectivity index is 2.00. The molecule has 5 heteroatoms. The quantitative estimate of drug-likeness (QED) is 0.822. The first-order chi connectivity index (χ1) is 10.1. The summed E-state index contributed by atoms with van der Waals surface area (Å²) in [5, 5.41) is 0. The summed E-state index contributed by atoms with van der Waals surface area (Å²) in [6.07, 6.45) is 3.08. The second-order valence-corrected chi connectivity index (χ2v) is 4.85. The van der Waals surface area contributed by atoms with Gasteiger partial charge in [0.25, 0.3) is 5.56 Å². The number of nitrogens with one attached hydrogen (secondary N) is 1. The Labute approximate surface area is 122 Å². The number of aromatic nitrogens is 2. The van der Waals surface area contributed by atoms with Gasteiger partial charge in [-0.05, 0) is 12.8 Å². The second kappa shape index (κ2) is 6.83. The van der Waals surface area contributed by atoms with Crippen molar-refractivity contribution in [2.24, 2.45) is 0 Å². The van der Waals surface area contributed by atoms with Crippen LogP contribution in [0, 0.1) is 0 Å². The third-order valence-corrected chi connectivity index (χ3v) is 3.36. The van der Waals surface area contributed by atoms with Crippen LogP contribution in [0.15, 0.2) is 46.1 Å². The zero-order valence-corrected chi connectivity index (χ0v) is 12.0. The first-order valence-corrected chi connectivity index (χ1v) is 7.02. The van der Waals surface area contributed by atoms with E-state index in [9.17, 15) is 14.4 Å². The third kappa shape index (κ3) is 3.78. The molecule has 21 heavy (non-hydrogen) atoms. The van der Waals surface area contributed by atoms with Crippen LogP contribution in [0.4, 0.5) is 0 Å². The third-order valence-electron chi connectivity index (χ3n) is 3.36. The summed E-state index contributed by atoms with van der Waals surface area (Å²) in [4.78, 5) is 37.4. The van der Waals surface area contributed by atoms with Gasteiger partial charge < -0.3 is 4.57 Å². The van der Waals surface area contributed by atoms with E-state index >= 15 is 0 Å². The number of H-pyrrole nitrogens is 1. The molecule has 0 amide bonds. The maximum absolute atomic E-state index is 12.0. The number of carbonyl (C=O) groups excluding carboxylic acids is 1. The lowest BCUT2D eigenvalue weighted by atomic mass is 10.1. The number of nitrogens with zero attached hydrogens (tertiary/aromatic N) is 1. The van der Waals surface area contributed by atoms with E-state index in [0.717, 1.165) is 0 Å². The molecule has 0 aliphatic rings. The number of hydrogen-bond acceptors (Lipinski definition) is 3. The number of benzene rings is 1. The lowest BCUT2D eigenvalue weighted by Gasteiger charge is -2.06. The summed E-state index contributed by atoms with van der Waals surface area (Å²) < 4.78 is 1.46. The number of rotatable bonds is 6. The molecule has 0 saturated carbocycles. The van der Waals surface area contributed by atoms with Crippen LogP contribution in [0.3, 0.4) is 0 Å². The summed E-state index contributed by atoms with van der Waals surface area (Å²) in [7, 11) is 0. The number of aromatic amines is 1. The van der Waals surface area contributed by atoms with Crippen LogP contribution >= 0.6 is 0 Å². The van der Waals surface area contributed by atoms with Gasteiger partial charge in [-0.3, -0.25) is 14.6 Å².